The van der Waals surface area contributed by atoms with Crippen molar-refractivity contribution in [3.05, 3.63) is 57.6 Å². The van der Waals surface area contributed by atoms with E-state index < -0.39 is 0 Å². The molecule has 0 aromatic rings. The van der Waals surface area contributed by atoms with Gasteiger partial charge in [0.2, 0.25) is 0 Å². The molecule has 0 N–H and O–H groups in total. The third kappa shape index (κ3) is 13.3. The smallest absolute Gasteiger partial charge is 0 e. The molecule has 0 heterocycles. The molecule has 0 aromatic heterocycles. The molecule has 1 fully saturated rings. The minimum absolute atomic E-state index is 0. The second-order valence-corrected chi connectivity index (χ2v) is 2.90. The molecule has 2 aliphatic rings. The number of carbonyl (C=O) groups is 1. The van der Waals surface area contributed by atoms with Crippen LogP contribution in [0.3, 0.4) is 0 Å². The van der Waals surface area contributed by atoms with Gasteiger partial charge in [-0.3, -0.25) is 4.79 Å². The van der Waals surface area contributed by atoms with Gasteiger partial charge < -0.3 is 0 Å². The third-order valence-electron chi connectivity index (χ3n) is 1.81. The number of carbonyl (C=O) groups excluding carboxylic acids is 1. The number of hydrogen-bond donors (Lipinski definition) is 0. The van der Waals surface area contributed by atoms with Crippen molar-refractivity contribution in [3.8, 4) is 0 Å². The summed E-state index contributed by atoms with van der Waals surface area (Å²) in [6.07, 6.45) is 14.5. The number of allylic oxidation sites excluding steroid dienone is 2. The first-order valence-corrected chi connectivity index (χ1v) is 4.58. The maximum atomic E-state index is 10.5. The van der Waals surface area contributed by atoms with E-state index in [9.17, 15) is 4.79 Å². The van der Waals surface area contributed by atoms with Crippen LogP contribution in [0.5, 0.6) is 0 Å². The minimum atomic E-state index is 0. The first-order valence-electron chi connectivity index (χ1n) is 4.58. The second kappa shape index (κ2) is 17.8. The van der Waals surface area contributed by atoms with Crippen LogP contribution >= 0.6 is 0 Å². The van der Waals surface area contributed by atoms with E-state index in [4.69, 9.17) is 9.30 Å². The van der Waals surface area contributed by atoms with Crippen LogP contribution in [0.15, 0.2) is 12.2 Å². The predicted molar refractivity (Wildman–Crippen MR) is 57.3 cm³/mol. The molecule has 2 aliphatic carbocycles. The van der Waals surface area contributed by atoms with Crippen LogP contribution in [0, 0.1) is 51.3 Å². The zero-order valence-electron chi connectivity index (χ0n) is 9.43. The van der Waals surface area contributed by atoms with Crippen LogP contribution in [0.2, 0.25) is 0 Å². The van der Waals surface area contributed by atoms with Gasteiger partial charge in [0.25, 0.3) is 0 Å². The summed E-state index contributed by atoms with van der Waals surface area (Å²) in [7, 11) is 0. The Labute approximate surface area is 114 Å². The zero-order valence-corrected chi connectivity index (χ0v) is 10.6. The van der Waals surface area contributed by atoms with E-state index in [2.05, 4.69) is 13.3 Å². The van der Waals surface area contributed by atoms with E-state index in [1.807, 2.05) is 45.1 Å². The number of ketones is 1. The monoisotopic (exact) mass is 272 g/mol. The van der Waals surface area contributed by atoms with Gasteiger partial charge in [-0.15, -0.1) is 0 Å². The Balaban J connectivity index is -0.000000175. The molecule has 2 rings (SSSR count). The maximum absolute atomic E-state index is 10.5. The molecular weight excluding hydrogens is 259 g/mol. The SMILES string of the molecule is CC1CC=CC1=O.[C-]#[O+].[C-]#[O+].[CH]1[CH][CH][CH][CH]1.[Mn]. The van der Waals surface area contributed by atoms with Gasteiger partial charge in [-0.25, -0.2) is 0 Å². The second-order valence-electron chi connectivity index (χ2n) is 2.90. The standard InChI is InChI=1S/C6H8O.C5H5.2CO.Mn/c1-5-3-2-4-6(5)7;1-2-4-5-3-1;2*1-2;/h2,4-5H,3H2,1H3;1-5H;;;. The van der Waals surface area contributed by atoms with Crippen molar-refractivity contribution in [3.63, 3.8) is 0 Å². The van der Waals surface area contributed by atoms with Crippen LogP contribution in [0.25, 0.3) is 0 Å². The zero-order chi connectivity index (χ0) is 12.8. The third-order valence-corrected chi connectivity index (χ3v) is 1.81. The molecule has 0 bridgehead atoms. The van der Waals surface area contributed by atoms with Crippen LogP contribution < -0.4 is 0 Å². The number of rotatable bonds is 0. The number of hydrogen-bond acceptors (Lipinski definition) is 1. The largest absolute Gasteiger partial charge is 0.0312 e. The fourth-order valence-corrected chi connectivity index (χ4v) is 0.989. The molecule has 0 aromatic carbocycles. The van der Waals surface area contributed by atoms with Gasteiger partial charge >= 0.3 is 22.6 Å². The van der Waals surface area contributed by atoms with Gasteiger partial charge in [0.15, 0.2) is 5.78 Å². The molecule has 3 nitrogen and oxygen atoms in total. The molecule has 0 amide bonds. The van der Waals surface area contributed by atoms with Crippen LogP contribution in [0.4, 0.5) is 0 Å². The Morgan fingerprint density at radius 2 is 1.41 bits per heavy atom. The van der Waals surface area contributed by atoms with Gasteiger partial charge in [0.05, 0.1) is 0 Å². The molecule has 90 valence electrons. The van der Waals surface area contributed by atoms with Gasteiger partial charge in [0, 0.05) is 23.0 Å². The van der Waals surface area contributed by atoms with Crippen molar-refractivity contribution in [1.82, 2.24) is 0 Å². The Bertz CT molecular complexity index is 226. The van der Waals surface area contributed by atoms with Crippen molar-refractivity contribution in [2.24, 2.45) is 5.92 Å². The van der Waals surface area contributed by atoms with E-state index in [0.717, 1.165) is 6.42 Å². The molecular formula is C13H13MnO3. The molecule has 6 radical (unpaired) electrons. The van der Waals surface area contributed by atoms with Crippen LogP contribution in [-0.4, -0.2) is 5.78 Å². The summed E-state index contributed by atoms with van der Waals surface area (Å²) in [5.41, 5.74) is 0. The Morgan fingerprint density at radius 1 is 1.06 bits per heavy atom. The average Bonchev–Trinajstić information content (AvgIpc) is 3.01. The summed E-state index contributed by atoms with van der Waals surface area (Å²) < 4.78 is 15.0. The van der Waals surface area contributed by atoms with Gasteiger partial charge in [-0.05, 0) is 44.6 Å². The summed E-state index contributed by atoms with van der Waals surface area (Å²) in [6.45, 7) is 10.9. The van der Waals surface area contributed by atoms with Crippen molar-refractivity contribution >= 4 is 5.78 Å². The van der Waals surface area contributed by atoms with Crippen molar-refractivity contribution < 1.29 is 31.2 Å². The summed E-state index contributed by atoms with van der Waals surface area (Å²) in [4.78, 5) is 10.5. The quantitative estimate of drug-likeness (QED) is 0.378. The van der Waals surface area contributed by atoms with Gasteiger partial charge in [-0.1, -0.05) is 13.0 Å². The minimum Gasteiger partial charge on any atom is -0.0312 e. The maximum Gasteiger partial charge on any atom is 0 e. The molecule has 0 spiro atoms. The Hall–Kier alpha value is -0.591. The molecule has 1 atom stereocenters. The average molecular weight is 272 g/mol. The van der Waals surface area contributed by atoms with Gasteiger partial charge in [-0.2, -0.15) is 0 Å². The molecule has 0 aliphatic heterocycles. The van der Waals surface area contributed by atoms with E-state index in [1.54, 1.807) is 6.08 Å². The summed E-state index contributed by atoms with van der Waals surface area (Å²) in [5, 5.41) is 0. The molecule has 1 unspecified atom stereocenters. The van der Waals surface area contributed by atoms with E-state index >= 15 is 0 Å². The van der Waals surface area contributed by atoms with Gasteiger partial charge in [0.1, 0.15) is 0 Å². The predicted octanol–water partition coefficient (Wildman–Crippen LogP) is 2.10. The fraction of sp³-hybridized carbons (Fsp3) is 0.231. The van der Waals surface area contributed by atoms with Crippen LogP contribution in [-0.2, 0) is 31.2 Å². The summed E-state index contributed by atoms with van der Waals surface area (Å²) in [5.74, 6) is 0.542. The van der Waals surface area contributed by atoms with Crippen molar-refractivity contribution in [1.29, 1.82) is 0 Å². The van der Waals surface area contributed by atoms with E-state index in [0.29, 0.717) is 0 Å². The van der Waals surface area contributed by atoms with E-state index in [-0.39, 0.29) is 28.8 Å². The normalized spacial score (nSPS) is 19.4. The van der Waals surface area contributed by atoms with Crippen molar-refractivity contribution in [2.45, 2.75) is 13.3 Å². The first kappa shape index (κ1) is 21.7. The van der Waals surface area contributed by atoms with Crippen LogP contribution in [0.1, 0.15) is 13.3 Å². The topological polar surface area (TPSA) is 56.9 Å². The van der Waals surface area contributed by atoms with Crippen molar-refractivity contribution in [2.75, 3.05) is 0 Å². The van der Waals surface area contributed by atoms with E-state index in [1.165, 1.54) is 0 Å². The summed E-state index contributed by atoms with van der Waals surface area (Å²) in [6, 6.07) is 0. The fourth-order valence-electron chi connectivity index (χ4n) is 0.989. The Morgan fingerprint density at radius 3 is 1.53 bits per heavy atom. The first-order chi connectivity index (χ1) is 7.80. The molecule has 17 heavy (non-hydrogen) atoms. The Kier molecular flexibility index (Phi) is 22.7. The summed E-state index contributed by atoms with van der Waals surface area (Å²) >= 11 is 0. The molecule has 0 saturated heterocycles. The molecule has 1 saturated carbocycles. The molecule has 4 heteroatoms.